The molecule has 0 amide bonds. The monoisotopic (exact) mass is 308 g/mol. The van der Waals surface area contributed by atoms with Crippen LogP contribution in [-0.4, -0.2) is 22.9 Å². The van der Waals surface area contributed by atoms with Gasteiger partial charge in [-0.3, -0.25) is 0 Å². The topological polar surface area (TPSA) is 53.4 Å². The largest absolute Gasteiger partial charge is 0.487 e. The molecule has 5 heteroatoms. The first-order valence-corrected chi connectivity index (χ1v) is 7.18. The van der Waals surface area contributed by atoms with Crippen LogP contribution in [0.4, 0.5) is 0 Å². The number of aromatic nitrogens is 2. The predicted octanol–water partition coefficient (Wildman–Crippen LogP) is 3.24. The average Bonchev–Trinajstić information content (AvgIpc) is 3.05. The summed E-state index contributed by atoms with van der Waals surface area (Å²) in [7, 11) is 1.34. The molecule has 0 saturated heterocycles. The van der Waals surface area contributed by atoms with E-state index in [1.165, 1.54) is 7.11 Å². The lowest BCUT2D eigenvalue weighted by molar-refractivity contribution is 0.0593. The summed E-state index contributed by atoms with van der Waals surface area (Å²) in [6, 6.07) is 20.8. The highest BCUT2D eigenvalue weighted by molar-refractivity contribution is 5.87. The lowest BCUT2D eigenvalue weighted by Gasteiger charge is -2.09. The van der Waals surface area contributed by atoms with Crippen LogP contribution in [0.15, 0.2) is 66.7 Å². The van der Waals surface area contributed by atoms with Crippen LogP contribution in [0.5, 0.6) is 5.75 Å². The van der Waals surface area contributed by atoms with Gasteiger partial charge in [0.15, 0.2) is 5.69 Å². The van der Waals surface area contributed by atoms with Crippen molar-refractivity contribution >= 4 is 5.97 Å². The maximum atomic E-state index is 11.7. The second-order valence-electron chi connectivity index (χ2n) is 4.86. The van der Waals surface area contributed by atoms with Crippen LogP contribution in [0.1, 0.15) is 16.2 Å². The lowest BCUT2D eigenvalue weighted by atomic mass is 10.3. The number of para-hydroxylation sites is 2. The van der Waals surface area contributed by atoms with Crippen LogP contribution in [0.25, 0.3) is 5.69 Å². The predicted molar refractivity (Wildman–Crippen MR) is 85.7 cm³/mol. The summed E-state index contributed by atoms with van der Waals surface area (Å²) in [6.45, 7) is 0.295. The molecular formula is C18H16N2O3. The Labute approximate surface area is 134 Å². The summed E-state index contributed by atoms with van der Waals surface area (Å²) >= 11 is 0. The molecule has 0 fully saturated rings. The molecule has 1 heterocycles. The molecule has 0 atom stereocenters. The standard InChI is InChI=1S/C18H16N2O3/c1-22-18(21)17-12-15(13-23-16-10-6-3-7-11-16)20(19-17)14-8-4-2-5-9-14/h2-12H,13H2,1H3. The second-order valence-corrected chi connectivity index (χ2v) is 4.86. The van der Waals surface area contributed by atoms with E-state index in [0.29, 0.717) is 6.61 Å². The van der Waals surface area contributed by atoms with Gasteiger partial charge < -0.3 is 9.47 Å². The Balaban J connectivity index is 1.91. The number of benzene rings is 2. The van der Waals surface area contributed by atoms with Crippen molar-refractivity contribution in [2.24, 2.45) is 0 Å². The molecule has 23 heavy (non-hydrogen) atoms. The van der Waals surface area contributed by atoms with E-state index in [9.17, 15) is 4.79 Å². The van der Waals surface area contributed by atoms with Gasteiger partial charge in [0, 0.05) is 0 Å². The SMILES string of the molecule is COC(=O)c1cc(COc2ccccc2)n(-c2ccccc2)n1. The first kappa shape index (κ1) is 14.8. The minimum absolute atomic E-state index is 0.253. The van der Waals surface area contributed by atoms with Gasteiger partial charge in [0.2, 0.25) is 0 Å². The quantitative estimate of drug-likeness (QED) is 0.679. The zero-order valence-corrected chi connectivity index (χ0v) is 12.7. The summed E-state index contributed by atoms with van der Waals surface area (Å²) in [5.74, 6) is 0.286. The van der Waals surface area contributed by atoms with Gasteiger partial charge in [-0.15, -0.1) is 0 Å². The summed E-state index contributed by atoms with van der Waals surface area (Å²) in [6.07, 6.45) is 0. The van der Waals surface area contributed by atoms with Gasteiger partial charge in [-0.2, -0.15) is 5.10 Å². The van der Waals surface area contributed by atoms with Crippen molar-refractivity contribution in [3.05, 3.63) is 78.1 Å². The molecule has 3 rings (SSSR count). The van der Waals surface area contributed by atoms with E-state index >= 15 is 0 Å². The van der Waals surface area contributed by atoms with Gasteiger partial charge in [-0.05, 0) is 30.3 Å². The summed E-state index contributed by atoms with van der Waals surface area (Å²) in [5, 5.41) is 4.33. The number of methoxy groups -OCH3 is 1. The first-order valence-electron chi connectivity index (χ1n) is 7.18. The molecular weight excluding hydrogens is 292 g/mol. The number of rotatable bonds is 5. The van der Waals surface area contributed by atoms with Crippen molar-refractivity contribution in [2.75, 3.05) is 7.11 Å². The fourth-order valence-corrected chi connectivity index (χ4v) is 2.19. The zero-order valence-electron chi connectivity index (χ0n) is 12.7. The molecule has 0 aliphatic rings. The minimum atomic E-state index is -0.472. The van der Waals surface area contributed by atoms with E-state index in [0.717, 1.165) is 17.1 Å². The lowest BCUT2D eigenvalue weighted by Crippen LogP contribution is -2.06. The van der Waals surface area contributed by atoms with Crippen molar-refractivity contribution in [1.29, 1.82) is 0 Å². The molecule has 0 saturated carbocycles. The molecule has 0 unspecified atom stereocenters. The Kier molecular flexibility index (Phi) is 4.38. The smallest absolute Gasteiger partial charge is 0.358 e. The Morgan fingerprint density at radius 3 is 2.35 bits per heavy atom. The van der Waals surface area contributed by atoms with E-state index in [1.807, 2.05) is 60.7 Å². The Morgan fingerprint density at radius 1 is 1.04 bits per heavy atom. The number of ether oxygens (including phenoxy) is 2. The number of esters is 1. The van der Waals surface area contributed by atoms with Crippen LogP contribution >= 0.6 is 0 Å². The molecule has 1 aromatic heterocycles. The molecule has 0 bridgehead atoms. The van der Waals surface area contributed by atoms with Gasteiger partial charge in [0.1, 0.15) is 12.4 Å². The summed E-state index contributed by atoms with van der Waals surface area (Å²) in [5.41, 5.74) is 1.87. The van der Waals surface area contributed by atoms with Crippen molar-refractivity contribution in [3.8, 4) is 11.4 Å². The van der Waals surface area contributed by atoms with Gasteiger partial charge in [-0.1, -0.05) is 36.4 Å². The van der Waals surface area contributed by atoms with Gasteiger partial charge in [-0.25, -0.2) is 9.48 Å². The Bertz CT molecular complexity index is 783. The normalized spacial score (nSPS) is 10.3. The van der Waals surface area contributed by atoms with E-state index < -0.39 is 5.97 Å². The molecule has 0 spiro atoms. The molecule has 116 valence electrons. The van der Waals surface area contributed by atoms with Gasteiger partial charge in [0.05, 0.1) is 18.5 Å². The van der Waals surface area contributed by atoms with Crippen molar-refractivity contribution in [3.63, 3.8) is 0 Å². The third-order valence-corrected chi connectivity index (χ3v) is 3.31. The Hall–Kier alpha value is -3.08. The minimum Gasteiger partial charge on any atom is -0.487 e. The van der Waals surface area contributed by atoms with Crippen molar-refractivity contribution in [1.82, 2.24) is 9.78 Å². The number of hydrogen-bond acceptors (Lipinski definition) is 4. The highest BCUT2D eigenvalue weighted by Gasteiger charge is 2.16. The van der Waals surface area contributed by atoms with E-state index in [4.69, 9.17) is 9.47 Å². The van der Waals surface area contributed by atoms with Crippen molar-refractivity contribution < 1.29 is 14.3 Å². The molecule has 2 aromatic carbocycles. The highest BCUT2D eigenvalue weighted by atomic mass is 16.5. The number of carbonyl (C=O) groups is 1. The number of nitrogens with zero attached hydrogens (tertiary/aromatic N) is 2. The van der Waals surface area contributed by atoms with Crippen LogP contribution in [0.3, 0.4) is 0 Å². The third-order valence-electron chi connectivity index (χ3n) is 3.31. The number of carbonyl (C=O) groups excluding carboxylic acids is 1. The van der Waals surface area contributed by atoms with Crippen molar-refractivity contribution in [2.45, 2.75) is 6.61 Å². The van der Waals surface area contributed by atoms with E-state index in [1.54, 1.807) is 10.7 Å². The average molecular weight is 308 g/mol. The second kappa shape index (κ2) is 6.79. The van der Waals surface area contributed by atoms with Gasteiger partial charge in [0.25, 0.3) is 0 Å². The fourth-order valence-electron chi connectivity index (χ4n) is 2.19. The molecule has 0 aliphatic carbocycles. The van der Waals surface area contributed by atoms with E-state index in [-0.39, 0.29) is 5.69 Å². The highest BCUT2D eigenvalue weighted by Crippen LogP contribution is 2.16. The van der Waals surface area contributed by atoms with Gasteiger partial charge >= 0.3 is 5.97 Å². The molecule has 0 N–H and O–H groups in total. The molecule has 5 nitrogen and oxygen atoms in total. The molecule has 0 aliphatic heterocycles. The zero-order chi connectivity index (χ0) is 16.1. The fraction of sp³-hybridized carbons (Fsp3) is 0.111. The third kappa shape index (κ3) is 3.40. The maximum absolute atomic E-state index is 11.7. The van der Waals surface area contributed by atoms with Crippen LogP contribution < -0.4 is 4.74 Å². The van der Waals surface area contributed by atoms with Crippen LogP contribution in [-0.2, 0) is 11.3 Å². The number of hydrogen-bond donors (Lipinski definition) is 0. The first-order chi connectivity index (χ1) is 11.3. The van der Waals surface area contributed by atoms with Crippen LogP contribution in [0, 0.1) is 0 Å². The summed E-state index contributed by atoms with van der Waals surface area (Å²) in [4.78, 5) is 11.7. The summed E-state index contributed by atoms with van der Waals surface area (Å²) < 4.78 is 12.2. The van der Waals surface area contributed by atoms with E-state index in [2.05, 4.69) is 5.10 Å². The van der Waals surface area contributed by atoms with Crippen LogP contribution in [0.2, 0.25) is 0 Å². The molecule has 0 radical (unpaired) electrons. The maximum Gasteiger partial charge on any atom is 0.358 e. The molecule has 3 aromatic rings. The Morgan fingerprint density at radius 2 is 1.70 bits per heavy atom.